The maximum absolute atomic E-state index is 12.5. The van der Waals surface area contributed by atoms with Crippen molar-refractivity contribution in [1.29, 1.82) is 0 Å². The van der Waals surface area contributed by atoms with Gasteiger partial charge in [0.15, 0.2) is 0 Å². The van der Waals surface area contributed by atoms with Gasteiger partial charge < -0.3 is 10.2 Å². The monoisotopic (exact) mass is 387 g/mol. The molecule has 1 aliphatic rings. The Kier molecular flexibility index (Phi) is 5.82. The van der Waals surface area contributed by atoms with Gasteiger partial charge in [-0.2, -0.15) is 0 Å². The Morgan fingerprint density at radius 2 is 1.74 bits per heavy atom. The molecular weight excluding hydrogens is 362 g/mol. The summed E-state index contributed by atoms with van der Waals surface area (Å²) in [5.74, 6) is 0.435. The van der Waals surface area contributed by atoms with Crippen LogP contribution in [0.2, 0.25) is 0 Å². The summed E-state index contributed by atoms with van der Waals surface area (Å²) in [6.45, 7) is 4.39. The van der Waals surface area contributed by atoms with Crippen LogP contribution in [0.3, 0.4) is 0 Å². The second-order valence-electron chi connectivity index (χ2n) is 6.91. The summed E-state index contributed by atoms with van der Waals surface area (Å²) in [4.78, 5) is 14.9. The Hall–Kier alpha value is -2.38. The first-order chi connectivity index (χ1) is 12.9. The second kappa shape index (κ2) is 8.10. The molecule has 7 heteroatoms. The Labute approximate surface area is 160 Å². The molecule has 0 aliphatic carbocycles. The Morgan fingerprint density at radius 3 is 2.37 bits per heavy atom. The maximum Gasteiger partial charge on any atom is 0.255 e. The number of carbonyl (C=O) groups excluding carboxylic acids is 1. The van der Waals surface area contributed by atoms with Gasteiger partial charge in [-0.15, -0.1) is 0 Å². The number of anilines is 2. The molecule has 0 bridgehead atoms. The van der Waals surface area contributed by atoms with E-state index < -0.39 is 10.0 Å². The summed E-state index contributed by atoms with van der Waals surface area (Å²) in [6.07, 6.45) is 2.40. The molecule has 1 fully saturated rings. The quantitative estimate of drug-likeness (QED) is 0.826. The number of amides is 1. The summed E-state index contributed by atoms with van der Waals surface area (Å²) in [5, 5.41) is 2.82. The van der Waals surface area contributed by atoms with Crippen LogP contribution in [0.15, 0.2) is 53.4 Å². The molecule has 0 atom stereocenters. The molecule has 0 aromatic heterocycles. The molecule has 1 saturated heterocycles. The number of rotatable bonds is 5. The van der Waals surface area contributed by atoms with E-state index in [2.05, 4.69) is 21.9 Å². The molecule has 1 amide bonds. The number of carbonyl (C=O) groups is 1. The average molecular weight is 388 g/mol. The highest BCUT2D eigenvalue weighted by molar-refractivity contribution is 7.89. The first kappa shape index (κ1) is 19.4. The van der Waals surface area contributed by atoms with Crippen molar-refractivity contribution in [2.45, 2.75) is 24.7 Å². The minimum absolute atomic E-state index is 0.0623. The second-order valence-corrected chi connectivity index (χ2v) is 8.79. The van der Waals surface area contributed by atoms with E-state index in [1.165, 1.54) is 32.0 Å². The van der Waals surface area contributed by atoms with Gasteiger partial charge in [0.05, 0.1) is 4.90 Å². The zero-order chi connectivity index (χ0) is 19.4. The van der Waals surface area contributed by atoms with E-state index in [1.54, 1.807) is 12.1 Å². The van der Waals surface area contributed by atoms with Crippen LogP contribution in [-0.2, 0) is 10.0 Å². The van der Waals surface area contributed by atoms with Gasteiger partial charge in [-0.1, -0.05) is 13.0 Å². The van der Waals surface area contributed by atoms with Crippen molar-refractivity contribution in [2.24, 2.45) is 5.92 Å². The fourth-order valence-corrected chi connectivity index (χ4v) is 3.92. The molecule has 144 valence electrons. The first-order valence-electron chi connectivity index (χ1n) is 9.09. The zero-order valence-corrected chi connectivity index (χ0v) is 16.4. The molecule has 1 heterocycles. The van der Waals surface area contributed by atoms with Crippen LogP contribution in [0.25, 0.3) is 0 Å². The van der Waals surface area contributed by atoms with E-state index in [9.17, 15) is 13.2 Å². The smallest absolute Gasteiger partial charge is 0.255 e. The van der Waals surface area contributed by atoms with Crippen molar-refractivity contribution in [1.82, 2.24) is 4.72 Å². The van der Waals surface area contributed by atoms with Crippen molar-refractivity contribution in [3.8, 4) is 0 Å². The highest BCUT2D eigenvalue weighted by Gasteiger charge is 2.17. The molecule has 0 unspecified atom stereocenters. The molecule has 27 heavy (non-hydrogen) atoms. The van der Waals surface area contributed by atoms with Crippen LogP contribution in [0.5, 0.6) is 0 Å². The normalized spacial score (nSPS) is 15.6. The standard InChI is InChI=1S/C20H25N3O3S/c1-15-10-12-23(13-11-15)18-8-6-17(7-9-18)22-20(24)16-4-3-5-19(14-16)27(25,26)21-2/h3-9,14-15,21H,10-13H2,1-2H3,(H,22,24). The molecule has 3 rings (SSSR count). The van der Waals surface area contributed by atoms with Crippen molar-refractivity contribution >= 4 is 27.3 Å². The molecule has 0 radical (unpaired) electrons. The van der Waals surface area contributed by atoms with Gasteiger partial charge in [0, 0.05) is 30.0 Å². The first-order valence-corrected chi connectivity index (χ1v) is 10.6. The molecule has 0 saturated carbocycles. The van der Waals surface area contributed by atoms with Crippen molar-refractivity contribution in [2.75, 3.05) is 30.4 Å². The highest BCUT2D eigenvalue weighted by atomic mass is 32.2. The lowest BCUT2D eigenvalue weighted by Crippen LogP contribution is -2.32. The van der Waals surface area contributed by atoms with Crippen molar-refractivity contribution in [3.63, 3.8) is 0 Å². The van der Waals surface area contributed by atoms with E-state index in [0.29, 0.717) is 11.3 Å². The molecule has 2 aromatic rings. The van der Waals surface area contributed by atoms with Gasteiger partial charge in [-0.05, 0) is 68.3 Å². The molecule has 2 aromatic carbocycles. The molecule has 2 N–H and O–H groups in total. The summed E-state index contributed by atoms with van der Waals surface area (Å²) in [6, 6.07) is 13.7. The van der Waals surface area contributed by atoms with E-state index in [1.807, 2.05) is 24.3 Å². The summed E-state index contributed by atoms with van der Waals surface area (Å²) >= 11 is 0. The number of piperidine rings is 1. The molecular formula is C20H25N3O3S. The van der Waals surface area contributed by atoms with Gasteiger partial charge in [-0.3, -0.25) is 4.79 Å². The van der Waals surface area contributed by atoms with Crippen LogP contribution in [-0.4, -0.2) is 34.5 Å². The van der Waals surface area contributed by atoms with Crippen LogP contribution in [0.1, 0.15) is 30.1 Å². The lowest BCUT2D eigenvalue weighted by molar-refractivity contribution is 0.102. The third-order valence-corrected chi connectivity index (χ3v) is 6.36. The van der Waals surface area contributed by atoms with Gasteiger partial charge in [0.2, 0.25) is 10.0 Å². The topological polar surface area (TPSA) is 78.5 Å². The average Bonchev–Trinajstić information content (AvgIpc) is 2.69. The predicted octanol–water partition coefficient (Wildman–Crippen LogP) is 3.08. The van der Waals surface area contributed by atoms with Crippen LogP contribution < -0.4 is 14.9 Å². The Bertz CT molecular complexity index is 902. The minimum atomic E-state index is -3.58. The van der Waals surface area contributed by atoms with Gasteiger partial charge in [0.1, 0.15) is 0 Å². The summed E-state index contributed by atoms with van der Waals surface area (Å²) < 4.78 is 26.0. The Balaban J connectivity index is 1.69. The summed E-state index contributed by atoms with van der Waals surface area (Å²) in [5.41, 5.74) is 2.12. The zero-order valence-electron chi connectivity index (χ0n) is 15.6. The van der Waals surface area contributed by atoms with Crippen LogP contribution in [0.4, 0.5) is 11.4 Å². The van der Waals surface area contributed by atoms with Crippen LogP contribution >= 0.6 is 0 Å². The lowest BCUT2D eigenvalue weighted by atomic mass is 9.99. The minimum Gasteiger partial charge on any atom is -0.372 e. The van der Waals surface area contributed by atoms with E-state index in [-0.39, 0.29) is 10.8 Å². The van der Waals surface area contributed by atoms with Gasteiger partial charge in [-0.25, -0.2) is 13.1 Å². The molecule has 1 aliphatic heterocycles. The highest BCUT2D eigenvalue weighted by Crippen LogP contribution is 2.24. The van der Waals surface area contributed by atoms with Crippen molar-refractivity contribution in [3.05, 3.63) is 54.1 Å². The number of hydrogen-bond donors (Lipinski definition) is 2. The van der Waals surface area contributed by atoms with E-state index in [0.717, 1.165) is 24.7 Å². The molecule has 6 nitrogen and oxygen atoms in total. The number of nitrogens with one attached hydrogen (secondary N) is 2. The van der Waals surface area contributed by atoms with E-state index in [4.69, 9.17) is 0 Å². The van der Waals surface area contributed by atoms with E-state index >= 15 is 0 Å². The number of nitrogens with zero attached hydrogens (tertiary/aromatic N) is 1. The fourth-order valence-electron chi connectivity index (χ4n) is 3.15. The lowest BCUT2D eigenvalue weighted by Gasteiger charge is -2.32. The SMILES string of the molecule is CNS(=O)(=O)c1cccc(C(=O)Nc2ccc(N3CCC(C)CC3)cc2)c1. The third-order valence-electron chi connectivity index (χ3n) is 4.95. The van der Waals surface area contributed by atoms with Crippen molar-refractivity contribution < 1.29 is 13.2 Å². The third kappa shape index (κ3) is 4.67. The number of benzene rings is 2. The Morgan fingerprint density at radius 1 is 1.07 bits per heavy atom. The molecule has 0 spiro atoms. The predicted molar refractivity (Wildman–Crippen MR) is 108 cm³/mol. The maximum atomic E-state index is 12.5. The summed E-state index contributed by atoms with van der Waals surface area (Å²) in [7, 11) is -2.24. The number of hydrogen-bond acceptors (Lipinski definition) is 4. The number of sulfonamides is 1. The van der Waals surface area contributed by atoms with Crippen LogP contribution in [0, 0.1) is 5.92 Å². The fraction of sp³-hybridized carbons (Fsp3) is 0.350. The van der Waals surface area contributed by atoms with Gasteiger partial charge in [0.25, 0.3) is 5.91 Å². The van der Waals surface area contributed by atoms with Gasteiger partial charge >= 0.3 is 0 Å². The largest absolute Gasteiger partial charge is 0.372 e.